The van der Waals surface area contributed by atoms with Crippen LogP contribution in [0.3, 0.4) is 0 Å². The summed E-state index contributed by atoms with van der Waals surface area (Å²) >= 11 is 11.7. The summed E-state index contributed by atoms with van der Waals surface area (Å²) in [6, 6.07) is 4.78. The fraction of sp³-hybridized carbons (Fsp3) is 0.333. The van der Waals surface area contributed by atoms with Gasteiger partial charge < -0.3 is 9.84 Å². The molecular formula is C12H11Cl2NO4. The van der Waals surface area contributed by atoms with Crippen LogP contribution in [0.15, 0.2) is 18.2 Å². The summed E-state index contributed by atoms with van der Waals surface area (Å²) in [7, 11) is 0. The van der Waals surface area contributed by atoms with Crippen molar-refractivity contribution < 1.29 is 19.4 Å². The van der Waals surface area contributed by atoms with E-state index in [9.17, 15) is 9.59 Å². The van der Waals surface area contributed by atoms with Crippen molar-refractivity contribution in [3.63, 3.8) is 0 Å². The molecule has 102 valence electrons. The van der Waals surface area contributed by atoms with E-state index in [0.29, 0.717) is 15.6 Å². The van der Waals surface area contributed by atoms with Crippen LogP contribution in [0.1, 0.15) is 11.7 Å². The third-order valence-electron chi connectivity index (χ3n) is 2.80. The van der Waals surface area contributed by atoms with Gasteiger partial charge in [-0.2, -0.15) is 0 Å². The number of rotatable bonds is 1. The number of ether oxygens (including phenoxy) is 1. The lowest BCUT2D eigenvalue weighted by Gasteiger charge is -2.15. The van der Waals surface area contributed by atoms with Gasteiger partial charge in [-0.15, -0.1) is 0 Å². The molecule has 1 aromatic rings. The fourth-order valence-electron chi connectivity index (χ4n) is 1.84. The van der Waals surface area contributed by atoms with Crippen LogP contribution < -0.4 is 0 Å². The van der Waals surface area contributed by atoms with Crippen LogP contribution >= 0.6 is 23.2 Å². The third-order valence-corrected chi connectivity index (χ3v) is 3.54. The minimum Gasteiger partial charge on any atom is -0.465 e. The van der Waals surface area contributed by atoms with Gasteiger partial charge in [-0.05, 0) is 17.7 Å². The zero-order chi connectivity index (χ0) is 14.0. The number of carbonyl (C=O) groups is 2. The number of hydrogen-bond donors (Lipinski definition) is 1. The Morgan fingerprint density at radius 3 is 2.74 bits per heavy atom. The number of halogens is 2. The van der Waals surface area contributed by atoms with Crippen LogP contribution in [0, 0.1) is 0 Å². The van der Waals surface area contributed by atoms with Crippen molar-refractivity contribution >= 4 is 35.1 Å². The van der Waals surface area contributed by atoms with E-state index in [1.54, 1.807) is 18.2 Å². The van der Waals surface area contributed by atoms with Gasteiger partial charge in [0.1, 0.15) is 6.10 Å². The van der Waals surface area contributed by atoms with Gasteiger partial charge in [-0.25, -0.2) is 4.79 Å². The van der Waals surface area contributed by atoms with Gasteiger partial charge in [0.25, 0.3) is 0 Å². The second kappa shape index (κ2) is 5.77. The number of nitrogens with zero attached hydrogens (tertiary/aromatic N) is 1. The van der Waals surface area contributed by atoms with Gasteiger partial charge in [0.05, 0.1) is 23.2 Å². The average Bonchev–Trinajstić information content (AvgIpc) is 2.55. The maximum atomic E-state index is 12.0. The van der Waals surface area contributed by atoms with Crippen LogP contribution in [-0.4, -0.2) is 41.6 Å². The molecule has 0 saturated carbocycles. The van der Waals surface area contributed by atoms with Crippen LogP contribution in [0.2, 0.25) is 10.0 Å². The predicted molar refractivity (Wildman–Crippen MR) is 69.8 cm³/mol. The Bertz CT molecular complexity index is 520. The highest BCUT2D eigenvalue weighted by Gasteiger charge is 2.29. The van der Waals surface area contributed by atoms with Gasteiger partial charge >= 0.3 is 6.09 Å². The molecule has 1 aliphatic rings. The van der Waals surface area contributed by atoms with Gasteiger partial charge in [-0.3, -0.25) is 9.69 Å². The summed E-state index contributed by atoms with van der Waals surface area (Å²) in [5.41, 5.74) is 0.576. The van der Waals surface area contributed by atoms with Crippen molar-refractivity contribution in [3.05, 3.63) is 33.8 Å². The number of amides is 1. The normalized spacial score (nSPS) is 20.2. The molecule has 1 heterocycles. The Morgan fingerprint density at radius 2 is 2.11 bits per heavy atom. The van der Waals surface area contributed by atoms with Crippen LogP contribution in [0.4, 0.5) is 4.79 Å². The molecule has 0 spiro atoms. The monoisotopic (exact) mass is 303 g/mol. The fourth-order valence-corrected chi connectivity index (χ4v) is 2.15. The van der Waals surface area contributed by atoms with Crippen molar-refractivity contribution in [2.75, 3.05) is 19.7 Å². The summed E-state index contributed by atoms with van der Waals surface area (Å²) in [5, 5.41) is 9.61. The van der Waals surface area contributed by atoms with E-state index in [1.165, 1.54) is 0 Å². The maximum Gasteiger partial charge on any atom is 0.407 e. The lowest BCUT2D eigenvalue weighted by Crippen LogP contribution is -2.35. The number of Topliss-reactive ketones (excluding diaryl/α,β-unsaturated/α-hetero) is 1. The first-order valence-corrected chi connectivity index (χ1v) is 6.32. The Kier molecular flexibility index (Phi) is 4.29. The van der Waals surface area contributed by atoms with Crippen LogP contribution in [-0.2, 0) is 9.53 Å². The van der Waals surface area contributed by atoms with E-state index in [2.05, 4.69) is 0 Å². The number of carbonyl (C=O) groups excluding carboxylic acids is 1. The van der Waals surface area contributed by atoms with Crippen molar-refractivity contribution in [1.82, 2.24) is 4.90 Å². The first-order chi connectivity index (χ1) is 8.99. The molecule has 2 rings (SSSR count). The topological polar surface area (TPSA) is 66.8 Å². The highest BCUT2D eigenvalue weighted by atomic mass is 35.5. The van der Waals surface area contributed by atoms with Gasteiger partial charge in [-0.1, -0.05) is 29.3 Å². The van der Waals surface area contributed by atoms with Crippen LogP contribution in [0.25, 0.3) is 0 Å². The number of carboxylic acid groups (broad SMARTS) is 1. The van der Waals surface area contributed by atoms with E-state index in [1.807, 2.05) is 0 Å². The minimum absolute atomic E-state index is 0.156. The van der Waals surface area contributed by atoms with E-state index < -0.39 is 12.2 Å². The number of benzene rings is 1. The summed E-state index contributed by atoms with van der Waals surface area (Å²) in [6.45, 7) is 0.127. The van der Waals surface area contributed by atoms with Crippen LogP contribution in [0.5, 0.6) is 0 Å². The zero-order valence-corrected chi connectivity index (χ0v) is 11.3. The minimum atomic E-state index is -1.13. The molecule has 0 radical (unpaired) electrons. The first-order valence-electron chi connectivity index (χ1n) is 5.56. The molecule has 0 bridgehead atoms. The smallest absolute Gasteiger partial charge is 0.407 e. The molecule has 1 aliphatic heterocycles. The molecule has 0 unspecified atom stereocenters. The molecule has 1 fully saturated rings. The van der Waals surface area contributed by atoms with E-state index in [0.717, 1.165) is 4.90 Å². The van der Waals surface area contributed by atoms with Crippen molar-refractivity contribution in [3.8, 4) is 0 Å². The van der Waals surface area contributed by atoms with Crippen molar-refractivity contribution in [2.24, 2.45) is 0 Å². The Hall–Kier alpha value is -1.30. The summed E-state index contributed by atoms with van der Waals surface area (Å²) < 4.78 is 5.42. The molecule has 1 atom stereocenters. The molecule has 1 saturated heterocycles. The average molecular weight is 304 g/mol. The Balaban J connectivity index is 2.22. The first kappa shape index (κ1) is 14.1. The quantitative estimate of drug-likeness (QED) is 0.866. The second-order valence-corrected chi connectivity index (χ2v) is 4.91. The highest BCUT2D eigenvalue weighted by Crippen LogP contribution is 2.28. The molecule has 1 amide bonds. The van der Waals surface area contributed by atoms with E-state index in [4.69, 9.17) is 33.0 Å². The standard InChI is InChI=1S/C12H11Cl2NO4/c13-8-2-1-7(5-9(8)14)11-10(16)6-15(12(17)18)3-4-19-11/h1-2,5,11H,3-4,6H2,(H,17,18)/t11-/m0/s1. The van der Waals surface area contributed by atoms with Gasteiger partial charge in [0.15, 0.2) is 5.78 Å². The van der Waals surface area contributed by atoms with Crippen molar-refractivity contribution in [1.29, 1.82) is 0 Å². The second-order valence-electron chi connectivity index (χ2n) is 4.09. The maximum absolute atomic E-state index is 12.0. The Labute approximate surface area is 119 Å². The SMILES string of the molecule is O=C1CN(C(=O)O)CCO[C@H]1c1ccc(Cl)c(Cl)c1. The number of hydrogen-bond acceptors (Lipinski definition) is 3. The zero-order valence-electron chi connectivity index (χ0n) is 9.81. The highest BCUT2D eigenvalue weighted by molar-refractivity contribution is 6.42. The molecule has 19 heavy (non-hydrogen) atoms. The molecular weight excluding hydrogens is 293 g/mol. The van der Waals surface area contributed by atoms with Gasteiger partial charge in [0, 0.05) is 6.54 Å². The van der Waals surface area contributed by atoms with E-state index in [-0.39, 0.29) is 25.5 Å². The molecule has 5 nitrogen and oxygen atoms in total. The Morgan fingerprint density at radius 1 is 1.37 bits per heavy atom. The lowest BCUT2D eigenvalue weighted by molar-refractivity contribution is -0.128. The molecule has 1 aromatic carbocycles. The van der Waals surface area contributed by atoms with E-state index >= 15 is 0 Å². The molecule has 1 N–H and O–H groups in total. The molecule has 0 aromatic heterocycles. The van der Waals surface area contributed by atoms with Gasteiger partial charge in [0.2, 0.25) is 0 Å². The summed E-state index contributed by atoms with van der Waals surface area (Å²) in [6.07, 6.45) is -1.94. The number of ketones is 1. The lowest BCUT2D eigenvalue weighted by atomic mass is 10.1. The summed E-state index contributed by atoms with van der Waals surface area (Å²) in [5.74, 6) is -0.321. The molecule has 0 aliphatic carbocycles. The predicted octanol–water partition coefficient (Wildman–Crippen LogP) is 2.61. The van der Waals surface area contributed by atoms with Crippen molar-refractivity contribution in [2.45, 2.75) is 6.10 Å². The third kappa shape index (κ3) is 3.18. The summed E-state index contributed by atoms with van der Waals surface area (Å²) in [4.78, 5) is 23.9. The molecule has 7 heteroatoms. The largest absolute Gasteiger partial charge is 0.465 e.